The Kier molecular flexibility index (Phi) is 6.05. The van der Waals surface area contributed by atoms with Crippen LogP contribution in [0.3, 0.4) is 0 Å². The van der Waals surface area contributed by atoms with E-state index >= 15 is 0 Å². The second-order valence-corrected chi connectivity index (χ2v) is 7.55. The normalized spacial score (nSPS) is 11.3. The molecule has 9 heteroatoms. The van der Waals surface area contributed by atoms with Crippen molar-refractivity contribution in [1.82, 2.24) is 10.3 Å². The summed E-state index contributed by atoms with van der Waals surface area (Å²) in [5, 5.41) is 8.31. The Morgan fingerprint density at radius 1 is 1.33 bits per heavy atom. The van der Waals surface area contributed by atoms with Gasteiger partial charge in [0.25, 0.3) is 0 Å². The van der Waals surface area contributed by atoms with Crippen molar-refractivity contribution in [2.24, 2.45) is 10.7 Å². The molecule has 2 heterocycles. The highest BCUT2D eigenvalue weighted by Gasteiger charge is 2.08. The highest BCUT2D eigenvalue weighted by atomic mass is 32.1. The Bertz CT molecular complexity index is 964. The number of thiazole rings is 1. The Balaban J connectivity index is 1.67. The predicted octanol–water partition coefficient (Wildman–Crippen LogP) is 3.57. The van der Waals surface area contributed by atoms with Crippen molar-refractivity contribution in [3.63, 3.8) is 0 Å². The molecular formula is C18H19N5O2S2. The van der Waals surface area contributed by atoms with Gasteiger partial charge in [-0.2, -0.15) is 4.99 Å². The van der Waals surface area contributed by atoms with E-state index in [1.54, 1.807) is 18.4 Å². The van der Waals surface area contributed by atoms with Gasteiger partial charge in [-0.3, -0.25) is 4.79 Å². The average molecular weight is 402 g/mol. The topological polar surface area (TPSA) is 102 Å². The molecule has 0 saturated carbocycles. The number of hydrogen-bond acceptors (Lipinski definition) is 6. The Hall–Kier alpha value is -2.91. The number of nitrogens with one attached hydrogen (secondary N) is 2. The van der Waals surface area contributed by atoms with Crippen molar-refractivity contribution in [1.29, 1.82) is 0 Å². The van der Waals surface area contributed by atoms with Crippen LogP contribution in [0, 0.1) is 0 Å². The molecule has 3 rings (SSSR count). The van der Waals surface area contributed by atoms with Crippen LogP contribution in [0.25, 0.3) is 10.6 Å². The summed E-state index contributed by atoms with van der Waals surface area (Å²) in [7, 11) is 1.61. The van der Waals surface area contributed by atoms with Crippen LogP contribution < -0.4 is 21.1 Å². The lowest BCUT2D eigenvalue weighted by Crippen LogP contribution is -2.21. The zero-order valence-electron chi connectivity index (χ0n) is 14.9. The van der Waals surface area contributed by atoms with Crippen LogP contribution in [0.4, 0.5) is 10.8 Å². The molecule has 3 aromatic rings. The summed E-state index contributed by atoms with van der Waals surface area (Å²) in [5.74, 6) is 0.938. The molecule has 140 valence electrons. The summed E-state index contributed by atoms with van der Waals surface area (Å²) >= 11 is 3.00. The number of amides is 1. The first-order valence-electron chi connectivity index (χ1n) is 8.08. The van der Waals surface area contributed by atoms with Gasteiger partial charge in [-0.05, 0) is 24.3 Å². The van der Waals surface area contributed by atoms with Crippen LogP contribution in [0.15, 0.2) is 46.8 Å². The Labute approximate surface area is 164 Å². The highest BCUT2D eigenvalue weighted by Crippen LogP contribution is 2.31. The van der Waals surface area contributed by atoms with Crippen molar-refractivity contribution in [3.8, 4) is 16.3 Å². The smallest absolute Gasteiger partial charge is 0.217 e. The van der Waals surface area contributed by atoms with E-state index in [2.05, 4.69) is 20.6 Å². The zero-order valence-corrected chi connectivity index (χ0v) is 16.5. The van der Waals surface area contributed by atoms with Crippen molar-refractivity contribution >= 4 is 45.4 Å². The van der Waals surface area contributed by atoms with Crippen molar-refractivity contribution in [2.75, 3.05) is 12.4 Å². The summed E-state index contributed by atoms with van der Waals surface area (Å²) in [6, 6.07) is 11.4. The molecular weight excluding hydrogens is 382 g/mol. The largest absolute Gasteiger partial charge is 0.497 e. The molecule has 1 aromatic carbocycles. The molecule has 27 heavy (non-hydrogen) atoms. The van der Waals surface area contributed by atoms with Gasteiger partial charge in [0.1, 0.15) is 5.75 Å². The number of aliphatic imine (C=N–C) groups is 1. The molecule has 0 spiro atoms. The van der Waals surface area contributed by atoms with Gasteiger partial charge in [-0.15, -0.1) is 22.7 Å². The first-order chi connectivity index (χ1) is 13.0. The fourth-order valence-corrected chi connectivity index (χ4v) is 3.91. The predicted molar refractivity (Wildman–Crippen MR) is 111 cm³/mol. The summed E-state index contributed by atoms with van der Waals surface area (Å²) in [6.45, 7) is 2.02. The quantitative estimate of drug-likeness (QED) is 0.433. The number of anilines is 1. The van der Waals surface area contributed by atoms with Crippen molar-refractivity contribution in [2.45, 2.75) is 13.5 Å². The van der Waals surface area contributed by atoms with Gasteiger partial charge in [0, 0.05) is 28.9 Å². The molecule has 1 amide bonds. The van der Waals surface area contributed by atoms with Gasteiger partial charge in [0.05, 0.1) is 24.2 Å². The number of thiophene rings is 1. The number of guanidine groups is 1. The third-order valence-corrected chi connectivity index (χ3v) is 5.32. The minimum Gasteiger partial charge on any atom is -0.497 e. The minimum atomic E-state index is -0.0470. The lowest BCUT2D eigenvalue weighted by atomic mass is 10.3. The Morgan fingerprint density at radius 3 is 2.96 bits per heavy atom. The average Bonchev–Trinajstić information content (AvgIpc) is 3.29. The number of carbonyl (C=O) groups is 1. The van der Waals surface area contributed by atoms with Gasteiger partial charge in [0.15, 0.2) is 0 Å². The van der Waals surface area contributed by atoms with E-state index in [-0.39, 0.29) is 11.9 Å². The van der Waals surface area contributed by atoms with Gasteiger partial charge >= 0.3 is 0 Å². The molecule has 4 N–H and O–H groups in total. The minimum absolute atomic E-state index is 0.0470. The number of rotatable bonds is 6. The second-order valence-electron chi connectivity index (χ2n) is 5.55. The van der Waals surface area contributed by atoms with Gasteiger partial charge in [-0.25, -0.2) is 4.98 Å². The van der Waals surface area contributed by atoms with Crippen LogP contribution in [0.2, 0.25) is 0 Å². The van der Waals surface area contributed by atoms with E-state index in [4.69, 9.17) is 10.5 Å². The summed E-state index contributed by atoms with van der Waals surface area (Å²) in [6.07, 6.45) is 0. The van der Waals surface area contributed by atoms with Crippen LogP contribution >= 0.6 is 22.7 Å². The first-order valence-corrected chi connectivity index (χ1v) is 9.77. The van der Waals surface area contributed by atoms with Crippen LogP contribution in [0.1, 0.15) is 11.8 Å². The van der Waals surface area contributed by atoms with E-state index in [0.717, 1.165) is 26.9 Å². The first kappa shape index (κ1) is 18.9. The maximum Gasteiger partial charge on any atom is 0.217 e. The van der Waals surface area contributed by atoms with Crippen molar-refractivity contribution in [3.05, 3.63) is 46.7 Å². The highest BCUT2D eigenvalue weighted by molar-refractivity contribution is 7.16. The fraction of sp³-hybridized carbons (Fsp3) is 0.167. The molecule has 0 unspecified atom stereocenters. The standard InChI is InChI=1S/C18H19N5O2S2/c1-11(24)20-9-14-6-7-16(27-14)15-10-26-18(22-15)23-17(19)21-12-4-3-5-13(8-12)25-2/h3-8,10H,9H2,1-2H3,(H,20,24)(H3,19,21,22,23). The lowest BCUT2D eigenvalue weighted by Gasteiger charge is -2.06. The van der Waals surface area contributed by atoms with E-state index in [1.807, 2.05) is 41.8 Å². The van der Waals surface area contributed by atoms with Gasteiger partial charge in [0.2, 0.25) is 17.0 Å². The van der Waals surface area contributed by atoms with Crippen LogP contribution in [-0.2, 0) is 11.3 Å². The maximum atomic E-state index is 11.0. The number of ether oxygens (including phenoxy) is 1. The zero-order chi connectivity index (χ0) is 19.2. The number of hydrogen-bond donors (Lipinski definition) is 3. The second kappa shape index (κ2) is 8.65. The number of nitrogens with zero attached hydrogens (tertiary/aromatic N) is 2. The number of nitrogens with two attached hydrogens (primary N) is 1. The molecule has 0 saturated heterocycles. The third kappa shape index (κ3) is 5.28. The number of methoxy groups -OCH3 is 1. The molecule has 0 aliphatic carbocycles. The number of carbonyl (C=O) groups excluding carboxylic acids is 1. The Morgan fingerprint density at radius 2 is 2.19 bits per heavy atom. The van der Waals surface area contributed by atoms with E-state index in [0.29, 0.717) is 11.7 Å². The third-order valence-electron chi connectivity index (χ3n) is 3.48. The van der Waals surface area contributed by atoms with Gasteiger partial charge in [-0.1, -0.05) is 6.07 Å². The van der Waals surface area contributed by atoms with Gasteiger partial charge < -0.3 is 21.1 Å². The summed E-state index contributed by atoms with van der Waals surface area (Å²) in [5.41, 5.74) is 7.60. The maximum absolute atomic E-state index is 11.0. The summed E-state index contributed by atoms with van der Waals surface area (Å²) < 4.78 is 5.19. The van der Waals surface area contributed by atoms with Crippen LogP contribution in [0.5, 0.6) is 5.75 Å². The van der Waals surface area contributed by atoms with Crippen LogP contribution in [-0.4, -0.2) is 24.0 Å². The monoisotopic (exact) mass is 401 g/mol. The summed E-state index contributed by atoms with van der Waals surface area (Å²) in [4.78, 5) is 21.9. The van der Waals surface area contributed by atoms with E-state index in [9.17, 15) is 4.79 Å². The lowest BCUT2D eigenvalue weighted by molar-refractivity contribution is -0.119. The van der Waals surface area contributed by atoms with E-state index in [1.165, 1.54) is 18.3 Å². The molecule has 0 fully saturated rings. The molecule has 7 nitrogen and oxygen atoms in total. The fourth-order valence-electron chi connectivity index (χ4n) is 2.23. The molecule has 0 bridgehead atoms. The SMILES string of the molecule is COc1cccc(NC(N)=Nc2nc(-c3ccc(CNC(C)=O)s3)cs2)c1. The van der Waals surface area contributed by atoms with E-state index < -0.39 is 0 Å². The molecule has 0 atom stereocenters. The number of benzene rings is 1. The molecule has 0 radical (unpaired) electrons. The molecule has 2 aromatic heterocycles. The number of aromatic nitrogens is 1. The van der Waals surface area contributed by atoms with Crippen molar-refractivity contribution < 1.29 is 9.53 Å². The molecule has 0 aliphatic rings. The molecule has 0 aliphatic heterocycles.